The Morgan fingerprint density at radius 1 is 1.58 bits per heavy atom. The number of benzene rings is 1. The van der Waals surface area contributed by atoms with Gasteiger partial charge < -0.3 is 9.84 Å². The highest BCUT2D eigenvalue weighted by molar-refractivity contribution is 6.32. The van der Waals surface area contributed by atoms with Crippen molar-refractivity contribution in [2.24, 2.45) is 0 Å². The fourth-order valence-corrected chi connectivity index (χ4v) is 1.00. The molecular weight excluding hydrogens is 178 g/mol. The second-order valence-corrected chi connectivity index (χ2v) is 2.53. The molecule has 0 bridgehead atoms. The van der Waals surface area contributed by atoms with Gasteiger partial charge in [-0.2, -0.15) is 5.26 Å². The fourth-order valence-electron chi connectivity index (χ4n) is 0.794. The molecule has 3 nitrogen and oxygen atoms in total. The van der Waals surface area contributed by atoms with E-state index in [1.807, 2.05) is 6.07 Å². The summed E-state index contributed by atoms with van der Waals surface area (Å²) in [5.41, 5.74) is 0.356. The van der Waals surface area contributed by atoms with Gasteiger partial charge in [-0.1, -0.05) is 11.6 Å². The Bertz CT molecular complexity index is 344. The smallest absolute Gasteiger partial charge is 0.176 e. The van der Waals surface area contributed by atoms with Gasteiger partial charge in [0.1, 0.15) is 0 Å². The molecule has 0 atom stereocenters. The van der Waals surface area contributed by atoms with Crippen molar-refractivity contribution in [3.63, 3.8) is 0 Å². The van der Waals surface area contributed by atoms with Gasteiger partial charge in [0.05, 0.1) is 23.8 Å². The highest BCUT2D eigenvalue weighted by Gasteiger charge is 2.07. The molecule has 0 amide bonds. The van der Waals surface area contributed by atoms with E-state index in [-0.39, 0.29) is 16.5 Å². The average molecular weight is 184 g/mol. The lowest BCUT2D eigenvalue weighted by molar-refractivity contribution is 0.373. The molecule has 1 aromatic rings. The quantitative estimate of drug-likeness (QED) is 0.724. The van der Waals surface area contributed by atoms with Gasteiger partial charge >= 0.3 is 0 Å². The van der Waals surface area contributed by atoms with E-state index in [1.165, 1.54) is 19.2 Å². The maximum atomic E-state index is 9.25. The van der Waals surface area contributed by atoms with Crippen LogP contribution in [0.2, 0.25) is 5.02 Å². The van der Waals surface area contributed by atoms with E-state index in [1.54, 1.807) is 0 Å². The second-order valence-electron chi connectivity index (χ2n) is 2.12. The Morgan fingerprint density at radius 3 is 2.75 bits per heavy atom. The third kappa shape index (κ3) is 1.44. The van der Waals surface area contributed by atoms with Crippen molar-refractivity contribution in [3.05, 3.63) is 22.7 Å². The van der Waals surface area contributed by atoms with Crippen molar-refractivity contribution in [1.82, 2.24) is 0 Å². The number of phenolic OH excluding ortho intramolecular Hbond substituents is 1. The van der Waals surface area contributed by atoms with Crippen LogP contribution in [0, 0.1) is 11.3 Å². The fraction of sp³-hybridized carbons (Fsp3) is 0.125. The topological polar surface area (TPSA) is 53.2 Å². The van der Waals surface area contributed by atoms with Crippen molar-refractivity contribution in [1.29, 1.82) is 5.26 Å². The van der Waals surface area contributed by atoms with Gasteiger partial charge in [-0.3, -0.25) is 0 Å². The van der Waals surface area contributed by atoms with Crippen LogP contribution in [0.1, 0.15) is 5.56 Å². The standard InChI is InChI=1S/C8H6ClNO2/c1-12-7-3-5(4-10)2-6(9)8(7)11/h2-3,11H,1H3. The van der Waals surface area contributed by atoms with Crippen LogP contribution in [0.15, 0.2) is 12.1 Å². The van der Waals surface area contributed by atoms with Gasteiger partial charge in [-0.15, -0.1) is 0 Å². The molecule has 0 unspecified atom stereocenters. The first-order chi connectivity index (χ1) is 5.69. The average Bonchev–Trinajstić information content (AvgIpc) is 2.09. The largest absolute Gasteiger partial charge is 0.503 e. The molecule has 0 heterocycles. The number of nitrogens with zero attached hydrogens (tertiary/aromatic N) is 1. The zero-order valence-electron chi connectivity index (χ0n) is 6.34. The van der Waals surface area contributed by atoms with Gasteiger partial charge in [0.15, 0.2) is 11.5 Å². The van der Waals surface area contributed by atoms with E-state index in [2.05, 4.69) is 0 Å². The minimum atomic E-state index is -0.141. The molecule has 0 aromatic heterocycles. The SMILES string of the molecule is COc1cc(C#N)cc(Cl)c1O. The zero-order valence-corrected chi connectivity index (χ0v) is 7.09. The van der Waals surface area contributed by atoms with Crippen LogP contribution in [0.4, 0.5) is 0 Å². The Labute approximate surface area is 74.8 Å². The maximum absolute atomic E-state index is 9.25. The first-order valence-electron chi connectivity index (χ1n) is 3.15. The van der Waals surface area contributed by atoms with Gasteiger partial charge in [0.2, 0.25) is 0 Å². The summed E-state index contributed by atoms with van der Waals surface area (Å²) >= 11 is 5.60. The molecule has 0 fully saturated rings. The molecule has 1 N–H and O–H groups in total. The predicted octanol–water partition coefficient (Wildman–Crippen LogP) is 1.93. The van der Waals surface area contributed by atoms with Crippen LogP contribution < -0.4 is 4.74 Å². The molecule has 0 saturated carbocycles. The molecule has 0 saturated heterocycles. The summed E-state index contributed by atoms with van der Waals surface area (Å²) in [7, 11) is 1.40. The van der Waals surface area contributed by atoms with Crippen molar-refractivity contribution >= 4 is 11.6 Å². The molecule has 4 heteroatoms. The maximum Gasteiger partial charge on any atom is 0.176 e. The molecule has 62 valence electrons. The molecule has 0 aliphatic rings. The molecule has 1 rings (SSSR count). The van der Waals surface area contributed by atoms with E-state index in [0.717, 1.165) is 0 Å². The second kappa shape index (κ2) is 3.33. The van der Waals surface area contributed by atoms with E-state index >= 15 is 0 Å². The van der Waals surface area contributed by atoms with Gasteiger partial charge in [-0.25, -0.2) is 0 Å². The number of phenols is 1. The first kappa shape index (κ1) is 8.69. The summed E-state index contributed by atoms with van der Waals surface area (Å²) in [4.78, 5) is 0. The monoisotopic (exact) mass is 183 g/mol. The Morgan fingerprint density at radius 2 is 2.25 bits per heavy atom. The van der Waals surface area contributed by atoms with Crippen molar-refractivity contribution < 1.29 is 9.84 Å². The summed E-state index contributed by atoms with van der Waals surface area (Å²) in [6, 6.07) is 4.69. The normalized spacial score (nSPS) is 9.08. The van der Waals surface area contributed by atoms with Crippen molar-refractivity contribution in [3.8, 4) is 17.6 Å². The van der Waals surface area contributed by atoms with E-state index < -0.39 is 0 Å². The lowest BCUT2D eigenvalue weighted by atomic mass is 10.2. The Hall–Kier alpha value is -1.40. The number of methoxy groups -OCH3 is 1. The Balaban J connectivity index is 3.31. The molecule has 0 aliphatic carbocycles. The van der Waals surface area contributed by atoms with E-state index in [4.69, 9.17) is 21.6 Å². The molecule has 1 aromatic carbocycles. The summed E-state index contributed by atoms with van der Waals surface area (Å²) in [5.74, 6) is 0.0669. The number of rotatable bonds is 1. The van der Waals surface area contributed by atoms with E-state index in [9.17, 15) is 5.11 Å². The molecule has 0 spiro atoms. The number of halogens is 1. The first-order valence-corrected chi connectivity index (χ1v) is 3.53. The third-order valence-electron chi connectivity index (χ3n) is 1.38. The number of aromatic hydroxyl groups is 1. The number of nitriles is 1. The van der Waals surface area contributed by atoms with Gasteiger partial charge in [0.25, 0.3) is 0 Å². The van der Waals surface area contributed by atoms with Crippen LogP contribution >= 0.6 is 11.6 Å². The van der Waals surface area contributed by atoms with Crippen LogP contribution in [-0.4, -0.2) is 12.2 Å². The van der Waals surface area contributed by atoms with Gasteiger partial charge in [0, 0.05) is 6.07 Å². The highest BCUT2D eigenvalue weighted by Crippen LogP contribution is 2.34. The van der Waals surface area contributed by atoms with Crippen molar-refractivity contribution in [2.45, 2.75) is 0 Å². The van der Waals surface area contributed by atoms with Crippen LogP contribution in [0.3, 0.4) is 0 Å². The van der Waals surface area contributed by atoms with Crippen LogP contribution in [0.25, 0.3) is 0 Å². The number of ether oxygens (including phenoxy) is 1. The highest BCUT2D eigenvalue weighted by atomic mass is 35.5. The number of hydrogen-bond donors (Lipinski definition) is 1. The molecule has 0 aliphatic heterocycles. The molecule has 12 heavy (non-hydrogen) atoms. The van der Waals surface area contributed by atoms with Crippen molar-refractivity contribution in [2.75, 3.05) is 7.11 Å². The lowest BCUT2D eigenvalue weighted by Gasteiger charge is -2.04. The van der Waals surface area contributed by atoms with Crippen LogP contribution in [0.5, 0.6) is 11.5 Å². The predicted molar refractivity (Wildman–Crippen MR) is 44.4 cm³/mol. The summed E-state index contributed by atoms with van der Waals surface area (Å²) in [6.07, 6.45) is 0. The third-order valence-corrected chi connectivity index (χ3v) is 1.67. The van der Waals surface area contributed by atoms with Crippen LogP contribution in [-0.2, 0) is 0 Å². The minimum absolute atomic E-state index is 0.117. The Kier molecular flexibility index (Phi) is 2.41. The molecule has 0 radical (unpaired) electrons. The minimum Gasteiger partial charge on any atom is -0.503 e. The van der Waals surface area contributed by atoms with Gasteiger partial charge in [-0.05, 0) is 6.07 Å². The summed E-state index contributed by atoms with van der Waals surface area (Å²) < 4.78 is 4.78. The molecular formula is C8H6ClNO2. The lowest BCUT2D eigenvalue weighted by Crippen LogP contribution is -1.85. The zero-order chi connectivity index (χ0) is 9.14. The summed E-state index contributed by atoms with van der Waals surface area (Å²) in [6.45, 7) is 0. The van der Waals surface area contributed by atoms with E-state index in [0.29, 0.717) is 5.56 Å². The summed E-state index contributed by atoms with van der Waals surface area (Å²) in [5, 5.41) is 17.9. The number of hydrogen-bond acceptors (Lipinski definition) is 3.